The van der Waals surface area contributed by atoms with Gasteiger partial charge in [0, 0.05) is 17.3 Å². The number of hydrogen-bond donors (Lipinski definition) is 2. The van der Waals surface area contributed by atoms with E-state index in [4.69, 9.17) is 19.9 Å². The minimum Gasteiger partial charge on any atom is -0.493 e. The van der Waals surface area contributed by atoms with Crippen LogP contribution in [-0.4, -0.2) is 38.1 Å². The van der Waals surface area contributed by atoms with Crippen LogP contribution in [0.1, 0.15) is 22.8 Å². The normalized spacial score (nSPS) is 10.4. The minimum absolute atomic E-state index is 0.325. The molecule has 3 N–H and O–H groups in total. The van der Waals surface area contributed by atoms with Gasteiger partial charge < -0.3 is 25.3 Å². The predicted octanol–water partition coefficient (Wildman–Crippen LogP) is 2.39. The highest BCUT2D eigenvalue weighted by molar-refractivity contribution is 5.96. The first-order valence-corrected chi connectivity index (χ1v) is 8.78. The predicted molar refractivity (Wildman–Crippen MR) is 108 cm³/mol. The van der Waals surface area contributed by atoms with Crippen LogP contribution in [0.5, 0.6) is 11.5 Å². The summed E-state index contributed by atoms with van der Waals surface area (Å²) in [7, 11) is 1.53. The van der Waals surface area contributed by atoms with E-state index in [1.807, 2.05) is 6.92 Å². The number of hydrogen-bond acceptors (Lipinski definition) is 6. The zero-order valence-electron chi connectivity index (χ0n) is 16.1. The highest BCUT2D eigenvalue weighted by Gasteiger charge is 2.08. The fraction of sp³-hybridized carbons (Fsp3) is 0.190. The molecule has 8 heteroatoms. The maximum Gasteiger partial charge on any atom is 0.331 e. The molecular formula is C21H22N2O6. The van der Waals surface area contributed by atoms with Gasteiger partial charge in [0.2, 0.25) is 5.91 Å². The third-order valence-electron chi connectivity index (χ3n) is 3.70. The highest BCUT2D eigenvalue weighted by atomic mass is 16.5. The number of amides is 2. The Morgan fingerprint density at radius 3 is 2.41 bits per heavy atom. The summed E-state index contributed by atoms with van der Waals surface area (Å²) < 4.78 is 15.6. The zero-order chi connectivity index (χ0) is 21.2. The molecule has 0 aromatic heterocycles. The first-order chi connectivity index (χ1) is 13.9. The third kappa shape index (κ3) is 6.69. The van der Waals surface area contributed by atoms with Crippen LogP contribution in [-0.2, 0) is 14.3 Å². The average Bonchev–Trinajstić information content (AvgIpc) is 2.72. The maximum atomic E-state index is 11.9. The van der Waals surface area contributed by atoms with Crippen molar-refractivity contribution in [3.63, 3.8) is 0 Å². The lowest BCUT2D eigenvalue weighted by atomic mass is 10.2. The van der Waals surface area contributed by atoms with E-state index in [0.29, 0.717) is 34.9 Å². The van der Waals surface area contributed by atoms with Crippen molar-refractivity contribution in [2.75, 3.05) is 25.6 Å². The number of anilines is 1. The topological polar surface area (TPSA) is 117 Å². The van der Waals surface area contributed by atoms with Gasteiger partial charge in [-0.1, -0.05) is 6.07 Å². The smallest absolute Gasteiger partial charge is 0.331 e. The van der Waals surface area contributed by atoms with E-state index in [-0.39, 0.29) is 0 Å². The van der Waals surface area contributed by atoms with Crippen molar-refractivity contribution in [1.82, 2.24) is 0 Å². The van der Waals surface area contributed by atoms with E-state index in [0.717, 1.165) is 0 Å². The zero-order valence-corrected chi connectivity index (χ0v) is 16.1. The highest BCUT2D eigenvalue weighted by Crippen LogP contribution is 2.28. The molecule has 0 atom stereocenters. The van der Waals surface area contributed by atoms with Gasteiger partial charge in [-0.25, -0.2) is 4.79 Å². The van der Waals surface area contributed by atoms with Crippen LogP contribution in [0.3, 0.4) is 0 Å². The Hall–Kier alpha value is -3.81. The number of esters is 1. The van der Waals surface area contributed by atoms with Crippen molar-refractivity contribution >= 4 is 29.5 Å². The molecule has 0 radical (unpaired) electrons. The molecule has 0 bridgehead atoms. The lowest BCUT2D eigenvalue weighted by molar-refractivity contribution is -0.142. The SMILES string of the molecule is CCOc1ccc(/C=C/C(=O)OCC(=O)Nc2ccc(C(N)=O)cc2)cc1OC. The molecule has 0 fully saturated rings. The molecule has 0 unspecified atom stereocenters. The Morgan fingerprint density at radius 2 is 1.79 bits per heavy atom. The number of carbonyl (C=O) groups excluding carboxylic acids is 3. The first-order valence-electron chi connectivity index (χ1n) is 8.78. The van der Waals surface area contributed by atoms with Gasteiger partial charge >= 0.3 is 5.97 Å². The molecule has 0 saturated carbocycles. The van der Waals surface area contributed by atoms with Crippen molar-refractivity contribution < 1.29 is 28.6 Å². The standard InChI is InChI=1S/C21H22N2O6/c1-3-28-17-10-4-14(12-18(17)27-2)5-11-20(25)29-13-19(24)23-16-8-6-15(7-9-16)21(22)26/h4-12H,3,13H2,1-2H3,(H2,22,26)(H,23,24)/b11-5+. The summed E-state index contributed by atoms with van der Waals surface area (Å²) in [4.78, 5) is 34.7. The van der Waals surface area contributed by atoms with Crippen LogP contribution in [0.15, 0.2) is 48.5 Å². The van der Waals surface area contributed by atoms with E-state index < -0.39 is 24.4 Å². The summed E-state index contributed by atoms with van der Waals surface area (Å²) in [6.07, 6.45) is 2.76. The van der Waals surface area contributed by atoms with Crippen LogP contribution in [0, 0.1) is 0 Å². The lowest BCUT2D eigenvalue weighted by Crippen LogP contribution is -2.20. The number of ether oxygens (including phenoxy) is 3. The Labute approximate surface area is 168 Å². The van der Waals surface area contributed by atoms with Crippen molar-refractivity contribution in [3.8, 4) is 11.5 Å². The second kappa shape index (κ2) is 10.5. The molecule has 29 heavy (non-hydrogen) atoms. The van der Waals surface area contributed by atoms with Gasteiger partial charge in [-0.15, -0.1) is 0 Å². The molecule has 0 aliphatic carbocycles. The molecule has 2 aromatic rings. The first kappa shape index (κ1) is 21.5. The van der Waals surface area contributed by atoms with Crippen molar-refractivity contribution in [3.05, 3.63) is 59.7 Å². The number of nitrogens with one attached hydrogen (secondary N) is 1. The van der Waals surface area contributed by atoms with Crippen LogP contribution >= 0.6 is 0 Å². The second-order valence-electron chi connectivity index (χ2n) is 5.77. The third-order valence-corrected chi connectivity index (χ3v) is 3.70. The van der Waals surface area contributed by atoms with E-state index in [1.54, 1.807) is 24.3 Å². The van der Waals surface area contributed by atoms with E-state index >= 15 is 0 Å². The van der Waals surface area contributed by atoms with Gasteiger partial charge in [-0.2, -0.15) is 0 Å². The average molecular weight is 398 g/mol. The van der Waals surface area contributed by atoms with Crippen LogP contribution < -0.4 is 20.5 Å². The summed E-state index contributed by atoms with van der Waals surface area (Å²) in [5.74, 6) is -0.591. The molecule has 0 spiro atoms. The van der Waals surface area contributed by atoms with Gasteiger partial charge in [0.15, 0.2) is 18.1 Å². The molecular weight excluding hydrogens is 376 g/mol. The molecule has 8 nitrogen and oxygen atoms in total. The van der Waals surface area contributed by atoms with Crippen LogP contribution in [0.2, 0.25) is 0 Å². The largest absolute Gasteiger partial charge is 0.493 e. The number of carbonyl (C=O) groups is 3. The summed E-state index contributed by atoms with van der Waals surface area (Å²) in [5, 5.41) is 2.55. The molecule has 2 aromatic carbocycles. The minimum atomic E-state index is -0.669. The van der Waals surface area contributed by atoms with E-state index in [2.05, 4.69) is 5.32 Å². The number of rotatable bonds is 9. The van der Waals surface area contributed by atoms with Gasteiger partial charge in [-0.3, -0.25) is 9.59 Å². The Bertz CT molecular complexity index is 906. The molecule has 0 heterocycles. The quantitative estimate of drug-likeness (QED) is 0.495. The summed E-state index contributed by atoms with van der Waals surface area (Å²) in [5.41, 5.74) is 6.64. The van der Waals surface area contributed by atoms with Gasteiger partial charge in [0.05, 0.1) is 13.7 Å². The summed E-state index contributed by atoms with van der Waals surface area (Å²) >= 11 is 0. The van der Waals surface area contributed by atoms with Crippen LogP contribution in [0.4, 0.5) is 5.69 Å². The van der Waals surface area contributed by atoms with E-state index in [1.165, 1.54) is 37.5 Å². The van der Waals surface area contributed by atoms with Gasteiger partial charge in [-0.05, 0) is 55.0 Å². The molecule has 2 amide bonds. The second-order valence-corrected chi connectivity index (χ2v) is 5.77. The van der Waals surface area contributed by atoms with Crippen molar-refractivity contribution in [2.45, 2.75) is 6.92 Å². The Morgan fingerprint density at radius 1 is 1.07 bits per heavy atom. The fourth-order valence-corrected chi connectivity index (χ4v) is 2.33. The maximum absolute atomic E-state index is 11.9. The van der Waals surface area contributed by atoms with Crippen molar-refractivity contribution in [2.24, 2.45) is 5.73 Å². The summed E-state index contributed by atoms with van der Waals surface area (Å²) in [6.45, 7) is 1.93. The molecule has 0 aliphatic heterocycles. The fourth-order valence-electron chi connectivity index (χ4n) is 2.33. The van der Waals surface area contributed by atoms with Crippen molar-refractivity contribution in [1.29, 1.82) is 0 Å². The van der Waals surface area contributed by atoms with Gasteiger partial charge in [0.1, 0.15) is 0 Å². The summed E-state index contributed by atoms with van der Waals surface area (Å²) in [6, 6.07) is 11.2. The Kier molecular flexibility index (Phi) is 7.78. The molecule has 152 valence electrons. The van der Waals surface area contributed by atoms with E-state index in [9.17, 15) is 14.4 Å². The Balaban J connectivity index is 1.85. The monoisotopic (exact) mass is 398 g/mol. The van der Waals surface area contributed by atoms with Crippen LogP contribution in [0.25, 0.3) is 6.08 Å². The molecule has 2 rings (SSSR count). The lowest BCUT2D eigenvalue weighted by Gasteiger charge is -2.09. The number of primary amides is 1. The number of nitrogens with two attached hydrogens (primary N) is 1. The number of benzene rings is 2. The molecule has 0 aliphatic rings. The molecule has 0 saturated heterocycles. The number of methoxy groups -OCH3 is 1. The van der Waals surface area contributed by atoms with Gasteiger partial charge in [0.25, 0.3) is 5.91 Å².